The maximum absolute atomic E-state index is 12.9. The Morgan fingerprint density at radius 1 is 1.25 bits per heavy atom. The molecule has 154 valence electrons. The number of hydrogen-bond acceptors (Lipinski definition) is 5. The molecule has 0 saturated carbocycles. The third kappa shape index (κ3) is 3.86. The van der Waals surface area contributed by atoms with Gasteiger partial charge in [-0.1, -0.05) is 6.58 Å². The second-order valence-corrected chi connectivity index (χ2v) is 9.02. The van der Waals surface area contributed by atoms with E-state index in [0.29, 0.717) is 22.2 Å². The Balaban J connectivity index is 3.03. The number of fused-ring (bicyclic) bond motifs is 1. The van der Waals surface area contributed by atoms with Crippen molar-refractivity contribution in [2.75, 3.05) is 6.61 Å². The molecule has 0 spiro atoms. The molecule has 0 atom stereocenters. The molecular formula is C18H19F3INO4S. The number of aliphatic hydroxyl groups is 1. The second kappa shape index (κ2) is 7.79. The van der Waals surface area contributed by atoms with Gasteiger partial charge in [-0.2, -0.15) is 21.6 Å². The van der Waals surface area contributed by atoms with Crippen LogP contribution < -0.4 is 4.18 Å². The zero-order valence-electron chi connectivity index (χ0n) is 15.7. The molecular weight excluding hydrogens is 510 g/mol. The predicted octanol–water partition coefficient (Wildman–Crippen LogP) is 4.56. The molecule has 1 aromatic carbocycles. The van der Waals surface area contributed by atoms with Crippen LogP contribution in [0, 0.1) is 24.3 Å². The van der Waals surface area contributed by atoms with Gasteiger partial charge in [0.05, 0.1) is 11.2 Å². The van der Waals surface area contributed by atoms with E-state index in [-0.39, 0.29) is 17.5 Å². The first-order valence-electron chi connectivity index (χ1n) is 8.13. The highest BCUT2D eigenvalue weighted by Crippen LogP contribution is 2.41. The zero-order valence-corrected chi connectivity index (χ0v) is 18.6. The summed E-state index contributed by atoms with van der Waals surface area (Å²) in [6.07, 6.45) is -0.122. The first kappa shape index (κ1) is 22.9. The number of nitrogens with zero attached hydrogens (tertiary/aromatic N) is 1. The molecule has 0 unspecified atom stereocenters. The van der Waals surface area contributed by atoms with Gasteiger partial charge >= 0.3 is 15.6 Å². The number of rotatable bonds is 5. The quantitative estimate of drug-likeness (QED) is 0.349. The Morgan fingerprint density at radius 2 is 1.82 bits per heavy atom. The van der Waals surface area contributed by atoms with Gasteiger partial charge in [-0.05, 0) is 67.0 Å². The molecule has 1 heterocycles. The van der Waals surface area contributed by atoms with Gasteiger partial charge in [0.2, 0.25) is 0 Å². The lowest BCUT2D eigenvalue weighted by molar-refractivity contribution is -0.0500. The van der Waals surface area contributed by atoms with Crippen molar-refractivity contribution >= 4 is 49.2 Å². The van der Waals surface area contributed by atoms with Crippen molar-refractivity contribution in [1.82, 2.24) is 4.98 Å². The molecule has 28 heavy (non-hydrogen) atoms. The molecule has 0 saturated heterocycles. The first-order chi connectivity index (χ1) is 12.7. The Kier molecular flexibility index (Phi) is 6.37. The molecule has 10 heteroatoms. The van der Waals surface area contributed by atoms with Crippen LogP contribution in [0.3, 0.4) is 0 Å². The molecule has 0 aliphatic rings. The van der Waals surface area contributed by atoms with E-state index in [1.54, 1.807) is 20.8 Å². The van der Waals surface area contributed by atoms with Crippen LogP contribution in [-0.2, 0) is 16.5 Å². The molecule has 2 aromatic rings. The monoisotopic (exact) mass is 529 g/mol. The Hall–Kier alpha value is -1.40. The fourth-order valence-corrected chi connectivity index (χ4v) is 4.36. The Morgan fingerprint density at radius 3 is 2.29 bits per heavy atom. The summed E-state index contributed by atoms with van der Waals surface area (Å²) in [5.74, 6) is -0.447. The van der Waals surface area contributed by atoms with Crippen LogP contribution in [0.2, 0.25) is 0 Å². The minimum absolute atomic E-state index is 0.107. The van der Waals surface area contributed by atoms with Crippen molar-refractivity contribution in [1.29, 1.82) is 0 Å². The summed E-state index contributed by atoms with van der Waals surface area (Å²) in [5, 5.41) is 10.1. The molecule has 0 aliphatic carbocycles. The minimum Gasteiger partial charge on any atom is -0.396 e. The van der Waals surface area contributed by atoms with Crippen LogP contribution in [0.5, 0.6) is 5.75 Å². The molecule has 0 radical (unpaired) electrons. The van der Waals surface area contributed by atoms with Gasteiger partial charge in [0.1, 0.15) is 0 Å². The third-order valence-electron chi connectivity index (χ3n) is 4.41. The zero-order chi connectivity index (χ0) is 21.6. The first-order valence-corrected chi connectivity index (χ1v) is 10.6. The van der Waals surface area contributed by atoms with E-state index in [1.807, 2.05) is 0 Å². The molecule has 2 rings (SSSR count). The van der Waals surface area contributed by atoms with E-state index >= 15 is 0 Å². The number of aliphatic hydroxyl groups excluding tert-OH is 1. The lowest BCUT2D eigenvalue weighted by atomic mass is 9.91. The van der Waals surface area contributed by atoms with Gasteiger partial charge in [-0.25, -0.2) is 0 Å². The summed E-state index contributed by atoms with van der Waals surface area (Å²) < 4.78 is 67.2. The number of hydrogen-bond donors (Lipinski definition) is 1. The highest BCUT2D eigenvalue weighted by Gasteiger charge is 2.49. The lowest BCUT2D eigenvalue weighted by Gasteiger charge is -2.22. The average Bonchev–Trinajstić information content (AvgIpc) is 2.56. The summed E-state index contributed by atoms with van der Waals surface area (Å²) in [7, 11) is -5.87. The number of halogens is 4. The highest BCUT2D eigenvalue weighted by molar-refractivity contribution is 14.1. The van der Waals surface area contributed by atoms with Gasteiger partial charge < -0.3 is 9.29 Å². The Labute approximate surface area is 174 Å². The normalized spacial score (nSPS) is 12.5. The second-order valence-electron chi connectivity index (χ2n) is 6.40. The van der Waals surface area contributed by atoms with Crippen molar-refractivity contribution in [2.24, 2.45) is 0 Å². The van der Waals surface area contributed by atoms with Crippen molar-refractivity contribution < 1.29 is 30.9 Å². The summed E-state index contributed by atoms with van der Waals surface area (Å²) in [6, 6.07) is 0. The number of alkyl halides is 3. The Bertz CT molecular complexity index is 1080. The molecule has 0 amide bonds. The van der Waals surface area contributed by atoms with E-state index in [0.717, 1.165) is 14.7 Å². The average molecular weight is 529 g/mol. The van der Waals surface area contributed by atoms with Crippen LogP contribution in [0.25, 0.3) is 16.5 Å². The van der Waals surface area contributed by atoms with E-state index in [4.69, 9.17) is 0 Å². The molecule has 0 bridgehead atoms. The van der Waals surface area contributed by atoms with Crippen LogP contribution in [-0.4, -0.2) is 30.6 Å². The number of pyridine rings is 1. The molecule has 0 fully saturated rings. The number of aromatic nitrogens is 1. The fourth-order valence-electron chi connectivity index (χ4n) is 2.97. The van der Waals surface area contributed by atoms with E-state index < -0.39 is 28.0 Å². The molecule has 0 aliphatic heterocycles. The van der Waals surface area contributed by atoms with Gasteiger partial charge in [0.15, 0.2) is 5.75 Å². The van der Waals surface area contributed by atoms with Crippen LogP contribution in [0.1, 0.15) is 34.9 Å². The van der Waals surface area contributed by atoms with Crippen molar-refractivity contribution in [3.63, 3.8) is 0 Å². The van der Waals surface area contributed by atoms with Crippen LogP contribution in [0.4, 0.5) is 13.2 Å². The number of benzene rings is 1. The topological polar surface area (TPSA) is 76.5 Å². The maximum atomic E-state index is 12.9. The predicted molar refractivity (Wildman–Crippen MR) is 110 cm³/mol. The van der Waals surface area contributed by atoms with Crippen molar-refractivity contribution in [2.45, 2.75) is 39.6 Å². The van der Waals surface area contributed by atoms with Gasteiger partial charge in [-0.3, -0.25) is 4.98 Å². The summed E-state index contributed by atoms with van der Waals surface area (Å²) >= 11 is 2.12. The maximum Gasteiger partial charge on any atom is 0.534 e. The van der Waals surface area contributed by atoms with Crippen molar-refractivity contribution in [3.05, 3.63) is 38.1 Å². The minimum atomic E-state index is -5.87. The molecule has 5 nitrogen and oxygen atoms in total. The fraction of sp³-hybridized carbons (Fsp3) is 0.389. The van der Waals surface area contributed by atoms with E-state index in [1.165, 1.54) is 6.92 Å². The van der Waals surface area contributed by atoms with Crippen molar-refractivity contribution in [3.8, 4) is 5.75 Å². The largest absolute Gasteiger partial charge is 0.534 e. The summed E-state index contributed by atoms with van der Waals surface area (Å²) in [5.41, 5.74) is -2.28. The van der Waals surface area contributed by atoms with Gasteiger partial charge in [0, 0.05) is 33.1 Å². The lowest BCUT2D eigenvalue weighted by Crippen LogP contribution is -2.29. The molecule has 1 N–H and O–H groups in total. The third-order valence-corrected chi connectivity index (χ3v) is 6.68. The standard InChI is InChI=1S/C18H19F3INO4S/c1-8(2)13-14-9(3)10(4)17(27-28(25,26)18(19,20)21)12(6-7-24)16(14)23-11(5)15(13)22/h24H,1,6-7H2,2-5H3. The van der Waals surface area contributed by atoms with E-state index in [2.05, 4.69) is 38.3 Å². The van der Waals surface area contributed by atoms with Gasteiger partial charge in [0.25, 0.3) is 0 Å². The van der Waals surface area contributed by atoms with E-state index in [9.17, 15) is 26.7 Å². The number of aryl methyl sites for hydroxylation is 2. The SMILES string of the molecule is C=C(C)c1c(I)c(C)nc2c(CCO)c(OS(=O)(=O)C(F)(F)F)c(C)c(C)c12. The highest BCUT2D eigenvalue weighted by atomic mass is 127. The van der Waals surface area contributed by atoms with Gasteiger partial charge in [-0.15, -0.1) is 0 Å². The smallest absolute Gasteiger partial charge is 0.396 e. The summed E-state index contributed by atoms with van der Waals surface area (Å²) in [4.78, 5) is 4.48. The van der Waals surface area contributed by atoms with Crippen LogP contribution >= 0.6 is 22.6 Å². The number of allylic oxidation sites excluding steroid dienone is 1. The van der Waals surface area contributed by atoms with Crippen LogP contribution in [0.15, 0.2) is 6.58 Å². The molecule has 1 aromatic heterocycles. The summed E-state index contributed by atoms with van der Waals surface area (Å²) in [6.45, 7) is 10.2.